The van der Waals surface area contributed by atoms with E-state index in [9.17, 15) is 19.8 Å². The van der Waals surface area contributed by atoms with Gasteiger partial charge in [-0.15, -0.1) is 0 Å². The molecule has 4 N–H and O–H groups in total. The maximum atomic E-state index is 12.5. The molecule has 2 aliphatic rings. The van der Waals surface area contributed by atoms with Crippen molar-refractivity contribution in [2.75, 3.05) is 13.7 Å². The van der Waals surface area contributed by atoms with Crippen LogP contribution in [-0.4, -0.2) is 58.2 Å². The molecule has 2 rings (SSSR count). The first-order chi connectivity index (χ1) is 10.8. The van der Waals surface area contributed by atoms with Gasteiger partial charge in [0.2, 0.25) is 5.91 Å². The smallest absolute Gasteiger partial charge is 0.337 e. The fraction of sp³-hybridized carbons (Fsp3) is 0.750. The van der Waals surface area contributed by atoms with Gasteiger partial charge in [0.25, 0.3) is 0 Å². The number of esters is 1. The maximum absolute atomic E-state index is 12.5. The van der Waals surface area contributed by atoms with Crippen LogP contribution in [0, 0.1) is 11.8 Å². The molecule has 0 saturated carbocycles. The van der Waals surface area contributed by atoms with Crippen LogP contribution in [0.25, 0.3) is 0 Å². The van der Waals surface area contributed by atoms with Crippen molar-refractivity contribution in [3.63, 3.8) is 0 Å². The minimum absolute atomic E-state index is 0.00912. The number of carbonyl (C=O) groups excluding carboxylic acids is 2. The van der Waals surface area contributed by atoms with Gasteiger partial charge in [-0.05, 0) is 32.6 Å². The van der Waals surface area contributed by atoms with Gasteiger partial charge < -0.3 is 25.4 Å². The molecule has 0 aromatic rings. The molecule has 130 valence electrons. The molecular formula is C16H25NO6. The Hall–Kier alpha value is -1.44. The fourth-order valence-corrected chi connectivity index (χ4v) is 3.81. The summed E-state index contributed by atoms with van der Waals surface area (Å²) >= 11 is 0. The Balaban J connectivity index is 2.47. The second-order valence-corrected chi connectivity index (χ2v) is 6.47. The van der Waals surface area contributed by atoms with E-state index in [1.807, 2.05) is 6.08 Å². The lowest BCUT2D eigenvalue weighted by Crippen LogP contribution is -2.70. The van der Waals surface area contributed by atoms with E-state index in [1.165, 1.54) is 6.92 Å². The van der Waals surface area contributed by atoms with E-state index in [0.29, 0.717) is 6.42 Å². The molecule has 1 amide bonds. The van der Waals surface area contributed by atoms with E-state index in [1.54, 1.807) is 6.08 Å². The fourth-order valence-electron chi connectivity index (χ4n) is 3.81. The third-order valence-corrected chi connectivity index (χ3v) is 5.18. The number of rotatable bonds is 5. The summed E-state index contributed by atoms with van der Waals surface area (Å²) in [6, 6.07) is 0. The Labute approximate surface area is 135 Å². The molecule has 7 nitrogen and oxygen atoms in total. The Morgan fingerprint density at radius 3 is 2.78 bits per heavy atom. The average molecular weight is 327 g/mol. The molecule has 0 aromatic heterocycles. The number of aliphatic hydroxyl groups excluding tert-OH is 2. The third kappa shape index (κ3) is 2.66. The summed E-state index contributed by atoms with van der Waals surface area (Å²) < 4.78 is 4.80. The minimum atomic E-state index is -1.95. The lowest BCUT2D eigenvalue weighted by Gasteiger charge is -2.44. The molecule has 23 heavy (non-hydrogen) atoms. The molecule has 1 heterocycles. The Morgan fingerprint density at radius 1 is 1.57 bits per heavy atom. The summed E-state index contributed by atoms with van der Waals surface area (Å²) in [5.74, 6) is -2.84. The number of carbonyl (C=O) groups is 2. The van der Waals surface area contributed by atoms with Crippen LogP contribution in [0.3, 0.4) is 0 Å². The third-order valence-electron chi connectivity index (χ3n) is 5.18. The standard InChI is InChI=1S/C16H25NO6/c1-15(22)11(8-9-18)13(20)17-16(15,14(21)23-2)12(19)10-6-4-3-5-7-10/h4,6,10-12,18-19,22H,3,5,7-9H2,1-2H3,(H,17,20)/t10-,11?,12+,15?,16?/m1/s1. The Kier molecular flexibility index (Phi) is 5.13. The van der Waals surface area contributed by atoms with Gasteiger partial charge in [0.15, 0.2) is 5.54 Å². The molecule has 5 atom stereocenters. The van der Waals surface area contributed by atoms with Crippen LogP contribution in [0.1, 0.15) is 32.6 Å². The number of hydrogen-bond acceptors (Lipinski definition) is 6. The highest BCUT2D eigenvalue weighted by atomic mass is 16.5. The van der Waals surface area contributed by atoms with Crippen molar-refractivity contribution in [3.05, 3.63) is 12.2 Å². The quantitative estimate of drug-likeness (QED) is 0.399. The highest BCUT2D eigenvalue weighted by Gasteiger charge is 2.69. The highest BCUT2D eigenvalue weighted by Crippen LogP contribution is 2.44. The van der Waals surface area contributed by atoms with Gasteiger partial charge in [0.1, 0.15) is 5.60 Å². The lowest BCUT2D eigenvalue weighted by atomic mass is 9.68. The van der Waals surface area contributed by atoms with Crippen LogP contribution in [0.15, 0.2) is 12.2 Å². The summed E-state index contributed by atoms with van der Waals surface area (Å²) in [6.07, 6.45) is 4.78. The van der Waals surface area contributed by atoms with E-state index in [-0.39, 0.29) is 18.9 Å². The van der Waals surface area contributed by atoms with Crippen molar-refractivity contribution >= 4 is 11.9 Å². The highest BCUT2D eigenvalue weighted by molar-refractivity contribution is 5.96. The zero-order chi connectivity index (χ0) is 17.3. The van der Waals surface area contributed by atoms with Crippen molar-refractivity contribution in [2.24, 2.45) is 11.8 Å². The predicted molar refractivity (Wildman–Crippen MR) is 81.2 cm³/mol. The van der Waals surface area contributed by atoms with E-state index in [4.69, 9.17) is 9.84 Å². The molecular weight excluding hydrogens is 302 g/mol. The van der Waals surface area contributed by atoms with E-state index in [2.05, 4.69) is 5.32 Å². The number of nitrogens with one attached hydrogen (secondary N) is 1. The number of allylic oxidation sites excluding steroid dienone is 1. The normalized spacial score (nSPS) is 38.2. The molecule has 1 aliphatic carbocycles. The largest absolute Gasteiger partial charge is 0.467 e. The van der Waals surface area contributed by atoms with Gasteiger partial charge in [-0.3, -0.25) is 4.79 Å². The molecule has 7 heteroatoms. The summed E-state index contributed by atoms with van der Waals surface area (Å²) in [6.45, 7) is 1.02. The van der Waals surface area contributed by atoms with Gasteiger partial charge in [0, 0.05) is 12.5 Å². The molecule has 1 fully saturated rings. The lowest BCUT2D eigenvalue weighted by molar-refractivity contribution is -0.174. The number of hydrogen-bond donors (Lipinski definition) is 4. The average Bonchev–Trinajstić information content (AvgIpc) is 2.75. The van der Waals surface area contributed by atoms with Gasteiger partial charge >= 0.3 is 5.97 Å². The number of methoxy groups -OCH3 is 1. The summed E-state index contributed by atoms with van der Waals surface area (Å²) in [4.78, 5) is 24.8. The summed E-state index contributed by atoms with van der Waals surface area (Å²) in [5.41, 5.74) is -3.84. The van der Waals surface area contributed by atoms with Crippen LogP contribution in [0.2, 0.25) is 0 Å². The van der Waals surface area contributed by atoms with Crippen molar-refractivity contribution < 1.29 is 29.6 Å². The van der Waals surface area contributed by atoms with E-state index >= 15 is 0 Å². The molecule has 0 spiro atoms. The van der Waals surface area contributed by atoms with Crippen LogP contribution in [0.4, 0.5) is 0 Å². The first-order valence-corrected chi connectivity index (χ1v) is 7.91. The maximum Gasteiger partial charge on any atom is 0.337 e. The van der Waals surface area contributed by atoms with Gasteiger partial charge in [0.05, 0.1) is 19.1 Å². The Morgan fingerprint density at radius 2 is 2.26 bits per heavy atom. The Bertz CT molecular complexity index is 503. The molecule has 0 radical (unpaired) electrons. The molecule has 0 bridgehead atoms. The number of amides is 1. The van der Waals surface area contributed by atoms with E-state index in [0.717, 1.165) is 20.0 Å². The summed E-state index contributed by atoms with van der Waals surface area (Å²) in [5, 5.41) is 33.5. The zero-order valence-electron chi connectivity index (χ0n) is 13.5. The summed E-state index contributed by atoms with van der Waals surface area (Å²) in [7, 11) is 1.15. The molecule has 3 unspecified atom stereocenters. The second kappa shape index (κ2) is 6.59. The van der Waals surface area contributed by atoms with Crippen molar-refractivity contribution in [1.82, 2.24) is 5.32 Å². The van der Waals surface area contributed by atoms with Crippen LogP contribution in [-0.2, 0) is 14.3 Å². The first-order valence-electron chi connectivity index (χ1n) is 7.91. The second-order valence-electron chi connectivity index (χ2n) is 6.47. The molecule has 1 aliphatic heterocycles. The number of aliphatic hydroxyl groups is 3. The minimum Gasteiger partial charge on any atom is -0.467 e. The van der Waals surface area contributed by atoms with Crippen molar-refractivity contribution in [1.29, 1.82) is 0 Å². The van der Waals surface area contributed by atoms with Crippen LogP contribution in [0.5, 0.6) is 0 Å². The number of ether oxygens (including phenoxy) is 1. The first kappa shape index (κ1) is 17.9. The van der Waals surface area contributed by atoms with E-state index < -0.39 is 35.0 Å². The van der Waals surface area contributed by atoms with Crippen LogP contribution >= 0.6 is 0 Å². The topological polar surface area (TPSA) is 116 Å². The SMILES string of the molecule is COC(=O)C1([C@@H](O)[C@@H]2C=CCCC2)NC(=O)C(CCO)C1(C)O. The van der Waals surface area contributed by atoms with Crippen molar-refractivity contribution in [3.8, 4) is 0 Å². The monoisotopic (exact) mass is 327 g/mol. The zero-order valence-corrected chi connectivity index (χ0v) is 13.5. The predicted octanol–water partition coefficient (Wildman–Crippen LogP) is -0.505. The molecule has 1 saturated heterocycles. The van der Waals surface area contributed by atoms with Gasteiger partial charge in [-0.1, -0.05) is 12.2 Å². The van der Waals surface area contributed by atoms with Gasteiger partial charge in [-0.25, -0.2) is 4.79 Å². The van der Waals surface area contributed by atoms with Crippen molar-refractivity contribution in [2.45, 2.75) is 49.9 Å². The molecule has 0 aromatic carbocycles. The van der Waals surface area contributed by atoms with Gasteiger partial charge in [-0.2, -0.15) is 0 Å². The van der Waals surface area contributed by atoms with Crippen LogP contribution < -0.4 is 5.32 Å².